The molecule has 0 aliphatic carbocycles. The lowest BCUT2D eigenvalue weighted by Crippen LogP contribution is -2.56. The van der Waals surface area contributed by atoms with Crippen LogP contribution in [0.25, 0.3) is 0 Å². The van der Waals surface area contributed by atoms with Crippen molar-refractivity contribution >= 4 is 16.9 Å². The normalized spacial score (nSPS) is 24.5. The average molecular weight is 544 g/mol. The summed E-state index contributed by atoms with van der Waals surface area (Å²) in [4.78, 5) is 15.2. The quantitative estimate of drug-likeness (QED) is 0.158. The van der Waals surface area contributed by atoms with Crippen LogP contribution in [0.15, 0.2) is 0 Å². The van der Waals surface area contributed by atoms with E-state index in [0.717, 1.165) is 25.9 Å². The first kappa shape index (κ1) is 33.0. The van der Waals surface area contributed by atoms with E-state index in [0.29, 0.717) is 13.2 Å². The molecule has 2 heterocycles. The molecular formula is C30H57NO5S. The zero-order chi connectivity index (χ0) is 27.3. The predicted molar refractivity (Wildman–Crippen MR) is 154 cm³/mol. The lowest BCUT2D eigenvalue weighted by molar-refractivity contribution is -0.154. The summed E-state index contributed by atoms with van der Waals surface area (Å²) in [5, 5.41) is 0.0301. The Morgan fingerprint density at radius 3 is 1.59 bits per heavy atom. The van der Waals surface area contributed by atoms with Crippen LogP contribution in [0.2, 0.25) is 0 Å². The minimum Gasteiger partial charge on any atom is -0.348 e. The molecule has 2 aliphatic heterocycles. The van der Waals surface area contributed by atoms with Gasteiger partial charge in [-0.05, 0) is 53.6 Å². The van der Waals surface area contributed by atoms with E-state index >= 15 is 0 Å². The average Bonchev–Trinajstić information content (AvgIpc) is 3.37. The molecule has 0 saturated carbocycles. The third-order valence-electron chi connectivity index (χ3n) is 7.47. The molecule has 0 aromatic carbocycles. The molecule has 2 aliphatic rings. The number of unbranched alkanes of at least 4 members (excludes halogenated alkanes) is 10. The van der Waals surface area contributed by atoms with Gasteiger partial charge in [0.2, 0.25) is 0 Å². The van der Waals surface area contributed by atoms with Gasteiger partial charge in [-0.3, -0.25) is 9.69 Å². The molecule has 6 nitrogen and oxygen atoms in total. The summed E-state index contributed by atoms with van der Waals surface area (Å²) in [5.41, 5.74) is 0. The fourth-order valence-corrected chi connectivity index (χ4v) is 6.73. The number of rotatable bonds is 19. The van der Waals surface area contributed by atoms with Crippen molar-refractivity contribution in [2.75, 3.05) is 26.3 Å². The van der Waals surface area contributed by atoms with E-state index in [4.69, 9.17) is 18.9 Å². The van der Waals surface area contributed by atoms with Crippen molar-refractivity contribution in [1.29, 1.82) is 0 Å². The molecule has 2 rings (SSSR count). The highest BCUT2D eigenvalue weighted by Crippen LogP contribution is 2.38. The zero-order valence-electron chi connectivity index (χ0n) is 25.0. The smallest absolute Gasteiger partial charge is 0.186 e. The number of hydrogen-bond acceptors (Lipinski definition) is 7. The number of nitrogens with zero attached hydrogens (tertiary/aromatic N) is 1. The Morgan fingerprint density at radius 1 is 0.757 bits per heavy atom. The van der Waals surface area contributed by atoms with Crippen molar-refractivity contribution in [2.24, 2.45) is 0 Å². The van der Waals surface area contributed by atoms with Crippen molar-refractivity contribution in [3.05, 3.63) is 0 Å². The predicted octanol–water partition coefficient (Wildman–Crippen LogP) is 7.33. The van der Waals surface area contributed by atoms with E-state index in [1.165, 1.54) is 76.0 Å². The molecular weight excluding hydrogens is 486 g/mol. The standard InChI is InChI=1S/C30H57NO5S/c1-8-10-12-14-16-18-20-31(21-19-17-15-13-11-9-2)27(25-22-33-29(4,5)35-25)28(37-24(3)32)26-23-34-30(6,7)36-26/h25-28H,8-23H2,1-7H3/t25-,26-,27-,28+/m1/s1. The molecule has 0 N–H and O–H groups in total. The molecule has 4 atom stereocenters. The Labute approximate surface area is 232 Å². The summed E-state index contributed by atoms with van der Waals surface area (Å²) in [6.45, 7) is 17.1. The fraction of sp³-hybridized carbons (Fsp3) is 0.967. The number of thioether (sulfide) groups is 1. The second-order valence-corrected chi connectivity index (χ2v) is 13.2. The highest BCUT2D eigenvalue weighted by atomic mass is 32.2. The van der Waals surface area contributed by atoms with Gasteiger partial charge in [-0.1, -0.05) is 89.8 Å². The van der Waals surface area contributed by atoms with Crippen LogP contribution < -0.4 is 0 Å². The van der Waals surface area contributed by atoms with Gasteiger partial charge in [0.1, 0.15) is 6.10 Å². The lowest BCUT2D eigenvalue weighted by Gasteiger charge is -2.41. The number of hydrogen-bond donors (Lipinski definition) is 0. The van der Waals surface area contributed by atoms with Gasteiger partial charge < -0.3 is 18.9 Å². The van der Waals surface area contributed by atoms with Crippen molar-refractivity contribution in [3.63, 3.8) is 0 Å². The topological polar surface area (TPSA) is 57.2 Å². The van der Waals surface area contributed by atoms with Crippen LogP contribution in [-0.2, 0) is 23.7 Å². The Balaban J connectivity index is 2.23. The van der Waals surface area contributed by atoms with E-state index in [1.54, 1.807) is 6.92 Å². The summed E-state index contributed by atoms with van der Waals surface area (Å²) in [7, 11) is 0. The molecule has 0 aromatic heterocycles. The van der Waals surface area contributed by atoms with Gasteiger partial charge in [0, 0.05) is 6.92 Å². The zero-order valence-corrected chi connectivity index (χ0v) is 25.8. The Bertz CT molecular complexity index is 627. The van der Waals surface area contributed by atoms with Crippen LogP contribution >= 0.6 is 11.8 Å². The number of carbonyl (C=O) groups is 1. The van der Waals surface area contributed by atoms with Gasteiger partial charge in [0.05, 0.1) is 30.6 Å². The minimum absolute atomic E-state index is 0.0180. The first-order valence-corrected chi connectivity index (χ1v) is 16.0. The van der Waals surface area contributed by atoms with Crippen LogP contribution in [-0.4, -0.2) is 71.4 Å². The molecule has 0 unspecified atom stereocenters. The lowest BCUT2D eigenvalue weighted by atomic mass is 9.99. The Hall–Kier alpha value is -0.180. The number of carbonyl (C=O) groups excluding carboxylic acids is 1. The molecule has 7 heteroatoms. The van der Waals surface area contributed by atoms with Crippen LogP contribution in [0.3, 0.4) is 0 Å². The molecule has 0 radical (unpaired) electrons. The van der Waals surface area contributed by atoms with E-state index in [2.05, 4.69) is 18.7 Å². The van der Waals surface area contributed by atoms with Gasteiger partial charge in [0.25, 0.3) is 0 Å². The maximum Gasteiger partial charge on any atom is 0.186 e. The minimum atomic E-state index is -0.638. The van der Waals surface area contributed by atoms with Gasteiger partial charge in [-0.15, -0.1) is 0 Å². The highest BCUT2D eigenvalue weighted by Gasteiger charge is 2.49. The van der Waals surface area contributed by atoms with Crippen molar-refractivity contribution in [1.82, 2.24) is 4.90 Å². The first-order valence-electron chi connectivity index (χ1n) is 15.1. The summed E-state index contributed by atoms with van der Waals surface area (Å²) >= 11 is 1.40. The second kappa shape index (κ2) is 16.8. The second-order valence-electron chi connectivity index (χ2n) is 11.9. The molecule has 37 heavy (non-hydrogen) atoms. The van der Waals surface area contributed by atoms with E-state index in [1.807, 2.05) is 27.7 Å². The van der Waals surface area contributed by atoms with Crippen molar-refractivity contribution < 1.29 is 23.7 Å². The van der Waals surface area contributed by atoms with Gasteiger partial charge in [-0.25, -0.2) is 0 Å². The summed E-state index contributed by atoms with van der Waals surface area (Å²) in [6, 6.07) is 0.0180. The molecule has 0 spiro atoms. The van der Waals surface area contributed by atoms with Crippen LogP contribution in [0.1, 0.15) is 126 Å². The Morgan fingerprint density at radius 2 is 1.19 bits per heavy atom. The summed E-state index contributed by atoms with van der Waals surface area (Å²) < 4.78 is 24.9. The van der Waals surface area contributed by atoms with Crippen LogP contribution in [0, 0.1) is 0 Å². The third kappa shape index (κ3) is 12.3. The van der Waals surface area contributed by atoms with E-state index in [9.17, 15) is 4.79 Å². The maximum atomic E-state index is 12.5. The molecule has 0 bridgehead atoms. The number of ether oxygens (including phenoxy) is 4. The largest absolute Gasteiger partial charge is 0.348 e. The van der Waals surface area contributed by atoms with Crippen molar-refractivity contribution in [3.8, 4) is 0 Å². The Kier molecular flexibility index (Phi) is 15.0. The van der Waals surface area contributed by atoms with Gasteiger partial charge >= 0.3 is 0 Å². The summed E-state index contributed by atoms with van der Waals surface area (Å²) in [6.07, 6.45) is 14.9. The molecule has 2 saturated heterocycles. The maximum absolute atomic E-state index is 12.5. The van der Waals surface area contributed by atoms with Crippen LogP contribution in [0.4, 0.5) is 0 Å². The molecule has 0 aromatic rings. The molecule has 2 fully saturated rings. The third-order valence-corrected chi connectivity index (χ3v) is 8.65. The van der Waals surface area contributed by atoms with E-state index < -0.39 is 11.6 Å². The monoisotopic (exact) mass is 543 g/mol. The molecule has 0 amide bonds. The fourth-order valence-electron chi connectivity index (χ4n) is 5.57. The first-order chi connectivity index (χ1) is 17.6. The van der Waals surface area contributed by atoms with Gasteiger partial charge in [0.15, 0.2) is 16.7 Å². The SMILES string of the molecule is CCCCCCCCN(CCCCCCCC)[C@@H]([C@@H](SC(C)=O)[C@H]1COC(C)(C)O1)[C@H]1COC(C)(C)O1. The summed E-state index contributed by atoms with van der Waals surface area (Å²) in [5.74, 6) is -1.26. The van der Waals surface area contributed by atoms with Gasteiger partial charge in [-0.2, -0.15) is 0 Å². The van der Waals surface area contributed by atoms with Crippen LogP contribution in [0.5, 0.6) is 0 Å². The van der Waals surface area contributed by atoms with E-state index in [-0.39, 0.29) is 28.6 Å². The highest BCUT2D eigenvalue weighted by molar-refractivity contribution is 8.14. The van der Waals surface area contributed by atoms with Crippen molar-refractivity contribution in [2.45, 2.75) is 161 Å². The molecule has 218 valence electrons.